The Balaban J connectivity index is 1.92. The van der Waals surface area contributed by atoms with Gasteiger partial charge in [0.1, 0.15) is 17.3 Å². The minimum absolute atomic E-state index is 0.0722. The zero-order chi connectivity index (χ0) is 17.7. The fourth-order valence-corrected chi connectivity index (χ4v) is 3.04. The third-order valence-electron chi connectivity index (χ3n) is 2.76. The van der Waals surface area contributed by atoms with Crippen molar-refractivity contribution < 1.29 is 31.3 Å². The van der Waals surface area contributed by atoms with Crippen LogP contribution in [0.25, 0.3) is 0 Å². The van der Waals surface area contributed by atoms with E-state index in [-0.39, 0.29) is 17.1 Å². The molecule has 1 amide bonds. The monoisotopic (exact) mass is 360 g/mol. The molecule has 0 saturated heterocycles. The van der Waals surface area contributed by atoms with Gasteiger partial charge in [0.2, 0.25) is 5.91 Å². The Hall–Kier alpha value is -2.49. The number of halogens is 2. The van der Waals surface area contributed by atoms with Crippen molar-refractivity contribution in [2.45, 2.75) is 19.3 Å². The lowest BCUT2D eigenvalue weighted by atomic mass is 10.3. The number of aromatic nitrogens is 1. The molecular formula is C14H14F2N2O5S. The van der Waals surface area contributed by atoms with Gasteiger partial charge in [0.25, 0.3) is 0 Å². The highest BCUT2D eigenvalue weighted by Crippen LogP contribution is 2.18. The molecule has 0 aliphatic heterocycles. The summed E-state index contributed by atoms with van der Waals surface area (Å²) in [6, 6.07) is 6.58. The van der Waals surface area contributed by atoms with E-state index in [0.29, 0.717) is 5.76 Å². The maximum atomic E-state index is 12.0. The van der Waals surface area contributed by atoms with Crippen LogP contribution in [-0.4, -0.2) is 31.8 Å². The van der Waals surface area contributed by atoms with Crippen LogP contribution in [0.1, 0.15) is 11.5 Å². The molecule has 0 spiro atoms. The first-order valence-electron chi connectivity index (χ1n) is 6.71. The summed E-state index contributed by atoms with van der Waals surface area (Å²) < 4.78 is 56.9. The molecule has 1 heterocycles. The lowest BCUT2D eigenvalue weighted by Crippen LogP contribution is -2.24. The number of nitrogens with zero attached hydrogens (tertiary/aromatic N) is 1. The van der Waals surface area contributed by atoms with Crippen molar-refractivity contribution in [1.29, 1.82) is 0 Å². The number of alkyl halides is 2. The van der Waals surface area contributed by atoms with Crippen LogP contribution in [0.4, 0.5) is 14.5 Å². The molecule has 1 aromatic carbocycles. The quantitative estimate of drug-likeness (QED) is 0.812. The first kappa shape index (κ1) is 17.9. The van der Waals surface area contributed by atoms with E-state index in [4.69, 9.17) is 4.52 Å². The van der Waals surface area contributed by atoms with Gasteiger partial charge in [0.15, 0.2) is 9.84 Å². The largest absolute Gasteiger partial charge is 0.435 e. The molecule has 0 aliphatic carbocycles. The number of carbonyl (C=O) groups is 1. The summed E-state index contributed by atoms with van der Waals surface area (Å²) in [5.74, 6) is -1.52. The lowest BCUT2D eigenvalue weighted by Gasteiger charge is -2.07. The Morgan fingerprint density at radius 3 is 2.54 bits per heavy atom. The van der Waals surface area contributed by atoms with Crippen molar-refractivity contribution in [3.63, 3.8) is 0 Å². The van der Waals surface area contributed by atoms with Crippen LogP contribution in [-0.2, 0) is 20.4 Å². The van der Waals surface area contributed by atoms with Gasteiger partial charge in [-0.2, -0.15) is 8.78 Å². The number of hydrogen-bond donors (Lipinski definition) is 1. The second-order valence-corrected chi connectivity index (χ2v) is 6.98. The van der Waals surface area contributed by atoms with E-state index in [0.717, 1.165) is 0 Å². The second-order valence-electron chi connectivity index (χ2n) is 4.91. The summed E-state index contributed by atoms with van der Waals surface area (Å²) in [6.45, 7) is -1.33. The highest BCUT2D eigenvalue weighted by Gasteiger charge is 2.19. The number of benzene rings is 1. The third-order valence-corrected chi connectivity index (χ3v) is 4.20. The van der Waals surface area contributed by atoms with Crippen LogP contribution in [0, 0.1) is 6.92 Å². The van der Waals surface area contributed by atoms with Crippen molar-refractivity contribution >= 4 is 21.4 Å². The van der Waals surface area contributed by atoms with E-state index in [1.54, 1.807) is 6.92 Å². The first-order chi connectivity index (χ1) is 11.2. The van der Waals surface area contributed by atoms with Gasteiger partial charge < -0.3 is 14.6 Å². The molecule has 130 valence electrons. The van der Waals surface area contributed by atoms with Gasteiger partial charge in [-0.25, -0.2) is 8.42 Å². The molecule has 2 aromatic rings. The fraction of sp³-hybridized carbons (Fsp3) is 0.286. The summed E-state index contributed by atoms with van der Waals surface area (Å²) in [5, 5.41) is 5.93. The molecule has 2 rings (SSSR count). The second kappa shape index (κ2) is 7.39. The molecule has 10 heteroatoms. The molecule has 0 fully saturated rings. The summed E-state index contributed by atoms with van der Waals surface area (Å²) >= 11 is 0. The molecule has 0 radical (unpaired) electrons. The molecule has 0 aliphatic rings. The topological polar surface area (TPSA) is 98.5 Å². The van der Waals surface area contributed by atoms with Gasteiger partial charge in [0, 0.05) is 11.8 Å². The Morgan fingerprint density at radius 1 is 1.33 bits per heavy atom. The van der Waals surface area contributed by atoms with Gasteiger partial charge in [-0.05, 0) is 31.2 Å². The molecule has 0 saturated carbocycles. The number of aryl methyl sites for hydroxylation is 1. The number of ether oxygens (including phenoxy) is 1. The summed E-state index contributed by atoms with van der Waals surface area (Å²) in [4.78, 5) is 11.8. The maximum Gasteiger partial charge on any atom is 0.387 e. The number of amides is 1. The van der Waals surface area contributed by atoms with Crippen molar-refractivity contribution in [3.05, 3.63) is 41.8 Å². The SMILES string of the molecule is Cc1cc(CS(=O)(=O)CC(=O)Nc2ccc(OC(F)F)cc2)no1. The zero-order valence-corrected chi connectivity index (χ0v) is 13.3. The average molecular weight is 360 g/mol. The zero-order valence-electron chi connectivity index (χ0n) is 12.5. The van der Waals surface area contributed by atoms with Crippen LogP contribution in [0.5, 0.6) is 5.75 Å². The van der Waals surface area contributed by atoms with Crippen LogP contribution < -0.4 is 10.1 Å². The molecule has 0 bridgehead atoms. The number of carbonyl (C=O) groups excluding carboxylic acids is 1. The number of sulfone groups is 1. The standard InChI is InChI=1S/C14H14F2N2O5S/c1-9-6-11(18-23-9)7-24(20,21)8-13(19)17-10-2-4-12(5-3-10)22-14(15)16/h2-6,14H,7-8H2,1H3,(H,17,19). The molecular weight excluding hydrogens is 346 g/mol. The van der Waals surface area contributed by atoms with E-state index in [2.05, 4.69) is 15.2 Å². The van der Waals surface area contributed by atoms with Crippen LogP contribution >= 0.6 is 0 Å². The number of nitrogens with one attached hydrogen (secondary N) is 1. The van der Waals surface area contributed by atoms with E-state index in [1.165, 1.54) is 30.3 Å². The number of rotatable bonds is 7. The van der Waals surface area contributed by atoms with E-state index in [1.807, 2.05) is 0 Å². The lowest BCUT2D eigenvalue weighted by molar-refractivity contribution is -0.113. The molecule has 1 aromatic heterocycles. The molecule has 0 unspecified atom stereocenters. The smallest absolute Gasteiger partial charge is 0.387 e. The average Bonchev–Trinajstić information content (AvgIpc) is 2.84. The van der Waals surface area contributed by atoms with E-state index in [9.17, 15) is 22.0 Å². The van der Waals surface area contributed by atoms with Crippen LogP contribution in [0.3, 0.4) is 0 Å². The van der Waals surface area contributed by atoms with Crippen LogP contribution in [0.15, 0.2) is 34.9 Å². The molecule has 24 heavy (non-hydrogen) atoms. The fourth-order valence-electron chi connectivity index (χ4n) is 1.88. The number of hydrogen-bond acceptors (Lipinski definition) is 6. The minimum Gasteiger partial charge on any atom is -0.435 e. The summed E-state index contributed by atoms with van der Waals surface area (Å²) in [6.07, 6.45) is 0. The van der Waals surface area contributed by atoms with Gasteiger partial charge in [-0.3, -0.25) is 4.79 Å². The Kier molecular flexibility index (Phi) is 5.50. The van der Waals surface area contributed by atoms with E-state index < -0.39 is 33.9 Å². The normalized spacial score (nSPS) is 11.5. The predicted octanol–water partition coefficient (Wildman–Crippen LogP) is 2.14. The Morgan fingerprint density at radius 2 is 2.00 bits per heavy atom. The van der Waals surface area contributed by atoms with Crippen molar-refractivity contribution in [2.24, 2.45) is 0 Å². The third kappa shape index (κ3) is 5.61. The van der Waals surface area contributed by atoms with Gasteiger partial charge in [-0.15, -0.1) is 0 Å². The van der Waals surface area contributed by atoms with E-state index >= 15 is 0 Å². The first-order valence-corrected chi connectivity index (χ1v) is 8.53. The van der Waals surface area contributed by atoms with Crippen molar-refractivity contribution in [3.8, 4) is 5.75 Å². The highest BCUT2D eigenvalue weighted by molar-refractivity contribution is 7.91. The summed E-state index contributed by atoms with van der Waals surface area (Å²) in [7, 11) is -3.72. The minimum atomic E-state index is -3.72. The molecule has 7 nitrogen and oxygen atoms in total. The van der Waals surface area contributed by atoms with Crippen molar-refractivity contribution in [1.82, 2.24) is 5.16 Å². The Labute approximate surface area is 136 Å². The predicted molar refractivity (Wildman–Crippen MR) is 80.4 cm³/mol. The molecule has 0 atom stereocenters. The van der Waals surface area contributed by atoms with Gasteiger partial charge >= 0.3 is 6.61 Å². The van der Waals surface area contributed by atoms with Crippen molar-refractivity contribution in [2.75, 3.05) is 11.1 Å². The molecule has 1 N–H and O–H groups in total. The number of anilines is 1. The summed E-state index contributed by atoms with van der Waals surface area (Å²) in [5.41, 5.74) is 0.475. The van der Waals surface area contributed by atoms with Crippen LogP contribution in [0.2, 0.25) is 0 Å². The highest BCUT2D eigenvalue weighted by atomic mass is 32.2. The Bertz CT molecular complexity index is 803. The van der Waals surface area contributed by atoms with Gasteiger partial charge in [-0.1, -0.05) is 5.16 Å². The maximum absolute atomic E-state index is 12.0. The van der Waals surface area contributed by atoms with Gasteiger partial charge in [0.05, 0.1) is 11.4 Å².